The van der Waals surface area contributed by atoms with Crippen molar-refractivity contribution in [3.63, 3.8) is 0 Å². The Hall–Kier alpha value is -2.85. The van der Waals surface area contributed by atoms with Crippen LogP contribution in [0.5, 0.6) is 0 Å². The topological polar surface area (TPSA) is 185 Å². The van der Waals surface area contributed by atoms with Crippen LogP contribution in [0.15, 0.2) is 36.8 Å². The van der Waals surface area contributed by atoms with Gasteiger partial charge in [-0.3, -0.25) is 13.9 Å². The van der Waals surface area contributed by atoms with Crippen molar-refractivity contribution < 1.29 is 32.4 Å². The first kappa shape index (κ1) is 33.5. The highest BCUT2D eigenvalue weighted by Crippen LogP contribution is 2.56. The third-order valence-electron chi connectivity index (χ3n) is 8.49. The maximum absolute atomic E-state index is 14.0. The molecule has 2 aliphatic rings. The number of hydrogen-bond donors (Lipinski definition) is 4. The van der Waals surface area contributed by atoms with E-state index in [9.17, 15) is 28.2 Å². The maximum atomic E-state index is 14.0. The molecule has 5 N–H and O–H groups in total. The Bertz CT molecular complexity index is 1750. The number of nitrogens with one attached hydrogen (secondary N) is 1. The number of aromatic nitrogens is 2. The summed E-state index contributed by atoms with van der Waals surface area (Å²) in [5.41, 5.74) is 0.265. The van der Waals surface area contributed by atoms with Gasteiger partial charge in [-0.05, 0) is 54.0 Å². The van der Waals surface area contributed by atoms with E-state index in [0.29, 0.717) is 29.0 Å². The summed E-state index contributed by atoms with van der Waals surface area (Å²) in [4.78, 5) is 36.8. The molecule has 0 unspecified atom stereocenters. The van der Waals surface area contributed by atoms with E-state index in [4.69, 9.17) is 28.3 Å². The average molecular weight is 699 g/mol. The van der Waals surface area contributed by atoms with E-state index in [-0.39, 0.29) is 46.2 Å². The molecular formula is C29H33Cl2N5O7S2. The first-order chi connectivity index (χ1) is 21.0. The highest BCUT2D eigenvalue weighted by molar-refractivity contribution is 7.84. The van der Waals surface area contributed by atoms with Gasteiger partial charge in [0.15, 0.2) is 0 Å². The number of carbonyl (C=O) groups is 2. The molecule has 3 heterocycles. The van der Waals surface area contributed by atoms with Gasteiger partial charge in [-0.1, -0.05) is 50.0 Å². The second-order valence-electron chi connectivity index (χ2n) is 12.3. The van der Waals surface area contributed by atoms with Gasteiger partial charge in [0.2, 0.25) is 5.78 Å². The fourth-order valence-electron chi connectivity index (χ4n) is 6.64. The largest absolute Gasteiger partial charge is 0.465 e. The number of anilines is 1. The number of hydrogen-bond acceptors (Lipinski definition) is 10. The van der Waals surface area contributed by atoms with Crippen LogP contribution in [0.4, 0.5) is 10.6 Å². The van der Waals surface area contributed by atoms with Crippen molar-refractivity contribution in [2.75, 3.05) is 18.5 Å². The molecule has 1 amide bonds. The number of nitrogens with zero attached hydrogens (tertiary/aromatic N) is 3. The van der Waals surface area contributed by atoms with E-state index >= 15 is 0 Å². The van der Waals surface area contributed by atoms with Gasteiger partial charge in [-0.25, -0.2) is 19.9 Å². The van der Waals surface area contributed by atoms with Crippen LogP contribution in [0.2, 0.25) is 9.36 Å². The summed E-state index contributed by atoms with van der Waals surface area (Å²) >= 11 is 14.4. The molecule has 1 saturated carbocycles. The lowest BCUT2D eigenvalue weighted by Crippen LogP contribution is -2.60. The number of thiophene rings is 1. The van der Waals surface area contributed by atoms with Gasteiger partial charge in [0, 0.05) is 35.3 Å². The number of rotatable bonds is 8. The number of amides is 1. The molecule has 0 saturated heterocycles. The number of benzene rings is 1. The van der Waals surface area contributed by atoms with Gasteiger partial charge in [0.05, 0.1) is 27.5 Å². The Kier molecular flexibility index (Phi) is 9.23. The van der Waals surface area contributed by atoms with Crippen molar-refractivity contribution in [3.8, 4) is 0 Å². The normalized spacial score (nSPS) is 23.5. The molecule has 4 atom stereocenters. The summed E-state index contributed by atoms with van der Waals surface area (Å²) in [5, 5.41) is 29.5. The second-order valence-corrected chi connectivity index (χ2v) is 15.6. The molecule has 16 heteroatoms. The van der Waals surface area contributed by atoms with Crippen molar-refractivity contribution >= 4 is 62.5 Å². The van der Waals surface area contributed by atoms with E-state index in [1.165, 1.54) is 17.4 Å². The molecule has 0 radical (unpaired) electrons. The number of nitrogens with two attached hydrogens (primary N) is 1. The molecule has 2 aromatic heterocycles. The van der Waals surface area contributed by atoms with E-state index in [2.05, 4.69) is 19.5 Å². The quantitative estimate of drug-likeness (QED) is 0.241. The van der Waals surface area contributed by atoms with Gasteiger partial charge < -0.3 is 15.5 Å². The monoisotopic (exact) mass is 697 g/mol. The predicted molar refractivity (Wildman–Crippen MR) is 170 cm³/mol. The summed E-state index contributed by atoms with van der Waals surface area (Å²) in [6, 6.07) is 6.74. The van der Waals surface area contributed by atoms with Crippen LogP contribution in [-0.4, -0.2) is 70.7 Å². The van der Waals surface area contributed by atoms with E-state index in [1.54, 1.807) is 18.2 Å². The number of fused-ring (bicyclic) bond motifs is 1. The Morgan fingerprint density at radius 1 is 1.22 bits per heavy atom. The first-order valence-electron chi connectivity index (χ1n) is 14.1. The number of halogens is 2. The molecule has 45 heavy (non-hydrogen) atoms. The van der Waals surface area contributed by atoms with Crippen molar-refractivity contribution in [3.05, 3.63) is 73.3 Å². The number of aliphatic hydroxyl groups excluding tert-OH is 1. The zero-order valence-corrected chi connectivity index (χ0v) is 27.8. The SMILES string of the molecule is CC(C)(C)[C@]1(c2cc(C(=O)c3cncnc3N[C@@H]3C[C@H](COS(N)(=O)=O)[C@@H](O)C3)sc2Cl)c2cc(Cl)ccc2CCN1C(=O)O. The fraction of sp³-hybridized carbons (Fsp3) is 0.448. The molecule has 1 fully saturated rings. The minimum atomic E-state index is -4.16. The Labute approximate surface area is 274 Å². The maximum Gasteiger partial charge on any atom is 0.408 e. The van der Waals surface area contributed by atoms with E-state index in [1.807, 2.05) is 26.8 Å². The highest BCUT2D eigenvalue weighted by Gasteiger charge is 2.56. The van der Waals surface area contributed by atoms with Crippen LogP contribution in [-0.2, 0) is 26.4 Å². The van der Waals surface area contributed by atoms with Crippen molar-refractivity contribution in [1.82, 2.24) is 14.9 Å². The zero-order valence-electron chi connectivity index (χ0n) is 24.7. The van der Waals surface area contributed by atoms with Crippen molar-refractivity contribution in [2.45, 2.75) is 57.7 Å². The van der Waals surface area contributed by atoms with Crippen LogP contribution in [0.25, 0.3) is 0 Å². The molecule has 1 aliphatic heterocycles. The van der Waals surface area contributed by atoms with Crippen molar-refractivity contribution in [1.29, 1.82) is 0 Å². The number of carboxylic acid groups (broad SMARTS) is 1. The van der Waals surface area contributed by atoms with E-state index in [0.717, 1.165) is 16.9 Å². The molecule has 0 bridgehead atoms. The predicted octanol–water partition coefficient (Wildman–Crippen LogP) is 4.67. The molecule has 3 aromatic rings. The molecule has 12 nitrogen and oxygen atoms in total. The van der Waals surface area contributed by atoms with Crippen LogP contribution in [0.3, 0.4) is 0 Å². The average Bonchev–Trinajstić information content (AvgIpc) is 3.51. The van der Waals surface area contributed by atoms with Crippen LogP contribution in [0, 0.1) is 11.3 Å². The summed E-state index contributed by atoms with van der Waals surface area (Å²) in [5.74, 6) is -0.714. The van der Waals surface area contributed by atoms with Crippen LogP contribution >= 0.6 is 34.5 Å². The standard InChI is InChI=1S/C29H33Cl2N5O7S2/c1-28(2,3)29(20-9-17(30)5-4-15(20)6-7-36(29)27(39)40)21-11-23(44-25(21)31)24(38)19-12-33-14-34-26(19)35-18-8-16(22(37)10-18)13-43-45(32,41)42/h4-5,9,11-12,14,16,18,22,37H,6-8,10,13H2,1-3H3,(H,39,40)(H2,32,41,42)(H,33,34,35)/t16-,18-,22+,29-/m1/s1. The molecule has 242 valence electrons. The molecular weight excluding hydrogens is 665 g/mol. The third-order valence-corrected chi connectivity index (χ3v) is 10.5. The van der Waals surface area contributed by atoms with Gasteiger partial charge in [-0.15, -0.1) is 11.3 Å². The number of ketones is 1. The Balaban J connectivity index is 1.52. The lowest BCUT2D eigenvalue weighted by atomic mass is 9.62. The lowest BCUT2D eigenvalue weighted by Gasteiger charge is -2.54. The third kappa shape index (κ3) is 6.42. The fourth-order valence-corrected chi connectivity index (χ4v) is 8.50. The summed E-state index contributed by atoms with van der Waals surface area (Å²) in [7, 11) is -4.16. The number of aliphatic hydroxyl groups is 1. The van der Waals surface area contributed by atoms with Crippen LogP contribution in [0.1, 0.15) is 65.5 Å². The Morgan fingerprint density at radius 2 is 1.96 bits per heavy atom. The molecule has 0 spiro atoms. The lowest BCUT2D eigenvalue weighted by molar-refractivity contribution is 0.0199. The minimum absolute atomic E-state index is 0.146. The summed E-state index contributed by atoms with van der Waals surface area (Å²) < 4.78 is 27.3. The molecule has 1 aromatic carbocycles. The molecule has 5 rings (SSSR count). The minimum Gasteiger partial charge on any atom is -0.465 e. The van der Waals surface area contributed by atoms with E-state index < -0.39 is 45.2 Å². The van der Waals surface area contributed by atoms with Crippen LogP contribution < -0.4 is 10.5 Å². The van der Waals surface area contributed by atoms with Crippen molar-refractivity contribution in [2.24, 2.45) is 16.5 Å². The summed E-state index contributed by atoms with van der Waals surface area (Å²) in [6.45, 7) is 5.73. The van der Waals surface area contributed by atoms with Gasteiger partial charge >= 0.3 is 16.4 Å². The highest BCUT2D eigenvalue weighted by atomic mass is 35.5. The zero-order chi connectivity index (χ0) is 32.9. The smallest absolute Gasteiger partial charge is 0.408 e. The number of carbonyl (C=O) groups excluding carboxylic acids is 1. The van der Waals surface area contributed by atoms with Gasteiger partial charge in [0.1, 0.15) is 17.7 Å². The molecule has 1 aliphatic carbocycles. The summed E-state index contributed by atoms with van der Waals surface area (Å²) in [6.07, 6.45) is 1.75. The Morgan fingerprint density at radius 3 is 2.62 bits per heavy atom. The first-order valence-corrected chi connectivity index (χ1v) is 17.1. The van der Waals surface area contributed by atoms with Gasteiger partial charge in [-0.2, -0.15) is 8.42 Å². The second kappa shape index (κ2) is 12.4. The van der Waals surface area contributed by atoms with Gasteiger partial charge in [0.25, 0.3) is 0 Å².